The highest BCUT2D eigenvalue weighted by Gasteiger charge is 2.35. The third-order valence-electron chi connectivity index (χ3n) is 4.52. The number of rotatable bonds is 6. The Kier molecular flexibility index (Phi) is 6.28. The number of carbonyl (C=O) groups excluding carboxylic acids is 2. The van der Waals surface area contributed by atoms with E-state index in [1.165, 1.54) is 18.4 Å². The average molecular weight is 338 g/mol. The first-order chi connectivity index (χ1) is 11.1. The van der Waals surface area contributed by atoms with Crippen LogP contribution in [0, 0.1) is 0 Å². The van der Waals surface area contributed by atoms with Gasteiger partial charge in [0.05, 0.1) is 0 Å². The van der Waals surface area contributed by atoms with Gasteiger partial charge in [0.1, 0.15) is 0 Å². The fraction of sp³-hybridized carbons (Fsp3) is 0.529. The summed E-state index contributed by atoms with van der Waals surface area (Å²) in [5.41, 5.74) is 1.22. The lowest BCUT2D eigenvalue weighted by Crippen LogP contribution is -2.44. The van der Waals surface area contributed by atoms with E-state index in [4.69, 9.17) is 11.6 Å². The van der Waals surface area contributed by atoms with Crippen LogP contribution in [-0.2, 0) is 10.2 Å². The first-order valence-corrected chi connectivity index (χ1v) is 8.42. The maximum Gasteiger partial charge on any atom is 0.314 e. The molecule has 1 fully saturated rings. The summed E-state index contributed by atoms with van der Waals surface area (Å²) in [7, 11) is 1.58. The molecule has 0 atom stereocenters. The Hall–Kier alpha value is -1.75. The van der Waals surface area contributed by atoms with Gasteiger partial charge < -0.3 is 16.0 Å². The molecule has 1 aliphatic rings. The molecule has 0 heterocycles. The summed E-state index contributed by atoms with van der Waals surface area (Å²) in [5, 5.41) is 8.92. The summed E-state index contributed by atoms with van der Waals surface area (Å²) in [6.07, 6.45) is 4.75. The van der Waals surface area contributed by atoms with E-state index in [9.17, 15) is 9.59 Å². The summed E-state index contributed by atoms with van der Waals surface area (Å²) in [4.78, 5) is 23.1. The van der Waals surface area contributed by atoms with Gasteiger partial charge in [0.25, 0.3) is 0 Å². The van der Waals surface area contributed by atoms with Crippen LogP contribution in [0.3, 0.4) is 0 Å². The molecule has 1 aliphatic carbocycles. The van der Waals surface area contributed by atoms with Gasteiger partial charge in [0, 0.05) is 37.0 Å². The van der Waals surface area contributed by atoms with Crippen LogP contribution in [0.1, 0.15) is 37.7 Å². The molecule has 3 N–H and O–H groups in total. The second kappa shape index (κ2) is 8.20. The van der Waals surface area contributed by atoms with Crippen molar-refractivity contribution >= 4 is 23.5 Å². The first-order valence-electron chi connectivity index (χ1n) is 8.04. The highest BCUT2D eigenvalue weighted by atomic mass is 35.5. The van der Waals surface area contributed by atoms with Crippen LogP contribution in [0.25, 0.3) is 0 Å². The van der Waals surface area contributed by atoms with Crippen molar-refractivity contribution in [3.8, 4) is 0 Å². The molecular formula is C17H24ClN3O2. The summed E-state index contributed by atoms with van der Waals surface area (Å²) < 4.78 is 0. The molecule has 0 unspecified atom stereocenters. The van der Waals surface area contributed by atoms with Gasteiger partial charge in [0.2, 0.25) is 5.91 Å². The number of nitrogens with one attached hydrogen (secondary N) is 3. The van der Waals surface area contributed by atoms with Crippen LogP contribution in [0.15, 0.2) is 24.3 Å². The maximum absolute atomic E-state index is 11.9. The number of amides is 3. The number of hydrogen-bond acceptors (Lipinski definition) is 2. The highest BCUT2D eigenvalue weighted by Crippen LogP contribution is 2.40. The van der Waals surface area contributed by atoms with Crippen molar-refractivity contribution in [3.63, 3.8) is 0 Å². The van der Waals surface area contributed by atoms with E-state index in [1.807, 2.05) is 12.1 Å². The zero-order chi connectivity index (χ0) is 16.7. The molecule has 3 amide bonds. The third-order valence-corrected chi connectivity index (χ3v) is 4.77. The van der Waals surface area contributed by atoms with Gasteiger partial charge in [-0.2, -0.15) is 0 Å². The van der Waals surface area contributed by atoms with Gasteiger partial charge in [0.15, 0.2) is 0 Å². The Bertz CT molecular complexity index is 539. The van der Waals surface area contributed by atoms with Crippen LogP contribution in [-0.4, -0.2) is 32.1 Å². The van der Waals surface area contributed by atoms with Gasteiger partial charge in [-0.1, -0.05) is 36.6 Å². The number of urea groups is 1. The number of carbonyl (C=O) groups is 2. The molecule has 0 spiro atoms. The molecule has 2 rings (SSSR count). The molecule has 5 nitrogen and oxygen atoms in total. The van der Waals surface area contributed by atoms with Crippen molar-refractivity contribution in [1.82, 2.24) is 16.0 Å². The van der Waals surface area contributed by atoms with Crippen LogP contribution in [0.5, 0.6) is 0 Å². The minimum absolute atomic E-state index is 0.0112. The summed E-state index contributed by atoms with van der Waals surface area (Å²) in [5.74, 6) is -0.0845. The summed E-state index contributed by atoms with van der Waals surface area (Å²) >= 11 is 5.97. The van der Waals surface area contributed by atoms with Gasteiger partial charge in [-0.3, -0.25) is 4.79 Å². The topological polar surface area (TPSA) is 70.2 Å². The van der Waals surface area contributed by atoms with E-state index < -0.39 is 0 Å². The van der Waals surface area contributed by atoms with Crippen LogP contribution in [0.2, 0.25) is 5.02 Å². The minimum atomic E-state index is -0.228. The molecular weight excluding hydrogens is 314 g/mol. The maximum atomic E-state index is 11.9. The zero-order valence-corrected chi connectivity index (χ0v) is 14.2. The molecule has 0 aliphatic heterocycles. The predicted molar refractivity (Wildman–Crippen MR) is 91.7 cm³/mol. The van der Waals surface area contributed by atoms with Crippen molar-refractivity contribution in [3.05, 3.63) is 34.9 Å². The average Bonchev–Trinajstić information content (AvgIpc) is 3.03. The summed E-state index contributed by atoms with van der Waals surface area (Å²) in [6.45, 7) is 0.930. The Labute approximate surface area is 142 Å². The fourth-order valence-corrected chi connectivity index (χ4v) is 3.28. The second-order valence-corrected chi connectivity index (χ2v) is 6.46. The van der Waals surface area contributed by atoms with Gasteiger partial charge >= 0.3 is 6.03 Å². The summed E-state index contributed by atoms with van der Waals surface area (Å²) in [6, 6.07) is 7.69. The Balaban J connectivity index is 1.89. The van der Waals surface area contributed by atoms with E-state index in [2.05, 4.69) is 28.1 Å². The quantitative estimate of drug-likeness (QED) is 0.746. The van der Waals surface area contributed by atoms with Crippen molar-refractivity contribution < 1.29 is 9.59 Å². The minimum Gasteiger partial charge on any atom is -0.359 e. The van der Waals surface area contributed by atoms with E-state index in [0.717, 1.165) is 17.9 Å². The van der Waals surface area contributed by atoms with Crippen molar-refractivity contribution in [2.75, 3.05) is 20.1 Å². The highest BCUT2D eigenvalue weighted by molar-refractivity contribution is 6.30. The largest absolute Gasteiger partial charge is 0.359 e. The molecule has 0 bridgehead atoms. The molecule has 1 aromatic carbocycles. The molecule has 6 heteroatoms. The van der Waals surface area contributed by atoms with Crippen molar-refractivity contribution in [1.29, 1.82) is 0 Å². The van der Waals surface area contributed by atoms with Gasteiger partial charge in [-0.05, 0) is 30.5 Å². The smallest absolute Gasteiger partial charge is 0.314 e. The SMILES string of the molecule is CNC(=O)CCNC(=O)NCC1(c2ccc(Cl)cc2)CCCC1. The Morgan fingerprint density at radius 1 is 1.13 bits per heavy atom. The normalized spacial score (nSPS) is 15.9. The lowest BCUT2D eigenvalue weighted by atomic mass is 9.79. The van der Waals surface area contributed by atoms with Crippen molar-refractivity contribution in [2.24, 2.45) is 0 Å². The number of benzene rings is 1. The molecule has 126 valence electrons. The zero-order valence-electron chi connectivity index (χ0n) is 13.5. The van der Waals surface area contributed by atoms with Gasteiger partial charge in [-0.25, -0.2) is 4.79 Å². The van der Waals surface area contributed by atoms with E-state index >= 15 is 0 Å². The van der Waals surface area contributed by atoms with Crippen LogP contribution < -0.4 is 16.0 Å². The molecule has 23 heavy (non-hydrogen) atoms. The van der Waals surface area contributed by atoms with Crippen LogP contribution in [0.4, 0.5) is 4.79 Å². The lowest BCUT2D eigenvalue weighted by Gasteiger charge is -2.30. The Morgan fingerprint density at radius 2 is 1.78 bits per heavy atom. The fourth-order valence-electron chi connectivity index (χ4n) is 3.15. The third kappa shape index (κ3) is 4.86. The van der Waals surface area contributed by atoms with Crippen molar-refractivity contribution in [2.45, 2.75) is 37.5 Å². The first kappa shape index (κ1) is 17.6. The number of hydrogen-bond donors (Lipinski definition) is 3. The molecule has 1 aromatic rings. The van der Waals surface area contributed by atoms with Crippen LogP contribution >= 0.6 is 11.6 Å². The van der Waals surface area contributed by atoms with E-state index in [-0.39, 0.29) is 23.8 Å². The lowest BCUT2D eigenvalue weighted by molar-refractivity contribution is -0.120. The standard InChI is InChI=1S/C17H24ClN3O2/c1-19-15(22)8-11-20-16(23)21-12-17(9-2-3-10-17)13-4-6-14(18)7-5-13/h4-7H,2-3,8-12H2,1H3,(H,19,22)(H2,20,21,23). The molecule has 0 saturated heterocycles. The molecule has 0 radical (unpaired) electrons. The monoisotopic (exact) mass is 337 g/mol. The molecule has 1 saturated carbocycles. The van der Waals surface area contributed by atoms with Gasteiger partial charge in [-0.15, -0.1) is 0 Å². The predicted octanol–water partition coefficient (Wildman–Crippen LogP) is 2.59. The molecule has 0 aromatic heterocycles. The Morgan fingerprint density at radius 3 is 2.39 bits per heavy atom. The van der Waals surface area contributed by atoms with E-state index in [1.54, 1.807) is 7.05 Å². The van der Waals surface area contributed by atoms with E-state index in [0.29, 0.717) is 13.1 Å². The second-order valence-electron chi connectivity index (χ2n) is 6.03. The number of halogens is 1.